The van der Waals surface area contributed by atoms with Crippen LogP contribution in [0.15, 0.2) is 0 Å². The Bertz CT molecular complexity index is 193. The van der Waals surface area contributed by atoms with Gasteiger partial charge in [-0.2, -0.15) is 0 Å². The Morgan fingerprint density at radius 1 is 1.06 bits per heavy atom. The Kier molecular flexibility index (Phi) is 4.26. The minimum absolute atomic E-state index is 0.690. The average molecular weight is 224 g/mol. The first-order valence-corrected chi connectivity index (χ1v) is 7.23. The second-order valence-electron chi connectivity index (χ2n) is 5.68. The molecule has 0 bridgehead atoms. The number of nitrogens with one attached hydrogen (secondary N) is 1. The zero-order valence-electron chi connectivity index (χ0n) is 11.2. The summed E-state index contributed by atoms with van der Waals surface area (Å²) in [5.41, 5.74) is 0. The molecule has 0 radical (unpaired) electrons. The molecule has 2 aliphatic rings. The number of likely N-dealkylation sites (N-methyl/N-ethyl adjacent to an activating group) is 1. The molecule has 2 aliphatic carbocycles. The van der Waals surface area contributed by atoms with E-state index in [4.69, 9.17) is 0 Å². The third kappa shape index (κ3) is 3.21. The van der Waals surface area contributed by atoms with Crippen LogP contribution >= 0.6 is 0 Å². The van der Waals surface area contributed by atoms with Gasteiger partial charge in [0.15, 0.2) is 0 Å². The predicted molar refractivity (Wildman–Crippen MR) is 69.6 cm³/mol. The van der Waals surface area contributed by atoms with Crippen molar-refractivity contribution in [3.05, 3.63) is 0 Å². The summed E-state index contributed by atoms with van der Waals surface area (Å²) < 4.78 is 0. The molecule has 0 amide bonds. The van der Waals surface area contributed by atoms with Gasteiger partial charge in [0.25, 0.3) is 0 Å². The maximum atomic E-state index is 3.85. The Morgan fingerprint density at radius 3 is 1.94 bits per heavy atom. The molecule has 2 fully saturated rings. The Morgan fingerprint density at radius 2 is 1.56 bits per heavy atom. The molecule has 0 saturated heterocycles. The van der Waals surface area contributed by atoms with Crippen molar-refractivity contribution in [2.45, 2.75) is 58.5 Å². The van der Waals surface area contributed by atoms with Crippen LogP contribution in [0.3, 0.4) is 0 Å². The molecule has 0 aromatic rings. The van der Waals surface area contributed by atoms with Crippen LogP contribution in [0.2, 0.25) is 0 Å². The van der Waals surface area contributed by atoms with Crippen LogP contribution in [0.4, 0.5) is 0 Å². The van der Waals surface area contributed by atoms with E-state index in [1.54, 1.807) is 0 Å². The lowest BCUT2D eigenvalue weighted by Crippen LogP contribution is -2.44. The molecule has 94 valence electrons. The first-order valence-electron chi connectivity index (χ1n) is 7.23. The molecule has 2 rings (SSSR count). The molecule has 1 unspecified atom stereocenters. The van der Waals surface area contributed by atoms with Crippen LogP contribution in [0, 0.1) is 11.8 Å². The van der Waals surface area contributed by atoms with Gasteiger partial charge in [0, 0.05) is 18.6 Å². The molecule has 0 aromatic carbocycles. The van der Waals surface area contributed by atoms with Crippen LogP contribution in [-0.2, 0) is 0 Å². The number of hydrogen-bond acceptors (Lipinski definition) is 2. The third-order valence-corrected chi connectivity index (χ3v) is 4.34. The molecule has 0 aliphatic heterocycles. The first-order chi connectivity index (χ1) is 7.76. The summed E-state index contributed by atoms with van der Waals surface area (Å²) >= 11 is 0. The van der Waals surface area contributed by atoms with E-state index < -0.39 is 0 Å². The number of hydrogen-bond donors (Lipinski definition) is 1. The van der Waals surface area contributed by atoms with Crippen molar-refractivity contribution in [1.29, 1.82) is 0 Å². The summed E-state index contributed by atoms with van der Waals surface area (Å²) in [4.78, 5) is 2.55. The third-order valence-electron chi connectivity index (χ3n) is 4.34. The van der Waals surface area contributed by atoms with Crippen molar-refractivity contribution in [2.75, 3.05) is 19.6 Å². The fourth-order valence-corrected chi connectivity index (χ4v) is 2.91. The van der Waals surface area contributed by atoms with Crippen LogP contribution in [-0.4, -0.2) is 36.6 Å². The van der Waals surface area contributed by atoms with Gasteiger partial charge < -0.3 is 5.32 Å². The summed E-state index contributed by atoms with van der Waals surface area (Å²) in [5, 5.41) is 3.85. The molecule has 16 heavy (non-hydrogen) atoms. The lowest BCUT2D eigenvalue weighted by Gasteiger charge is -2.29. The van der Waals surface area contributed by atoms with Crippen molar-refractivity contribution in [1.82, 2.24) is 10.2 Å². The fraction of sp³-hybridized carbons (Fsp3) is 1.00. The highest BCUT2D eigenvalue weighted by atomic mass is 15.2. The summed E-state index contributed by atoms with van der Waals surface area (Å²) in [7, 11) is 0. The average Bonchev–Trinajstić information content (AvgIpc) is 3.14. The van der Waals surface area contributed by atoms with Crippen molar-refractivity contribution in [3.8, 4) is 0 Å². The van der Waals surface area contributed by atoms with Crippen molar-refractivity contribution in [3.63, 3.8) is 0 Å². The maximum absolute atomic E-state index is 3.85. The van der Waals surface area contributed by atoms with Gasteiger partial charge in [0.2, 0.25) is 0 Å². The van der Waals surface area contributed by atoms with Gasteiger partial charge in [-0.15, -0.1) is 0 Å². The highest BCUT2D eigenvalue weighted by Gasteiger charge is 2.41. The molecule has 0 spiro atoms. The Balaban J connectivity index is 1.71. The second-order valence-corrected chi connectivity index (χ2v) is 5.68. The van der Waals surface area contributed by atoms with E-state index in [0.29, 0.717) is 6.04 Å². The summed E-state index contributed by atoms with van der Waals surface area (Å²) in [5.74, 6) is 2.05. The van der Waals surface area contributed by atoms with Crippen LogP contribution < -0.4 is 5.32 Å². The van der Waals surface area contributed by atoms with Crippen LogP contribution in [0.25, 0.3) is 0 Å². The maximum Gasteiger partial charge on any atom is 0.0192 e. The van der Waals surface area contributed by atoms with Crippen LogP contribution in [0.1, 0.15) is 46.5 Å². The lowest BCUT2D eigenvalue weighted by molar-refractivity contribution is 0.216. The zero-order valence-corrected chi connectivity index (χ0v) is 11.2. The largest absolute Gasteiger partial charge is 0.312 e. The molecule has 0 heterocycles. The highest BCUT2D eigenvalue weighted by molar-refractivity contribution is 4.96. The zero-order chi connectivity index (χ0) is 11.5. The molecule has 1 atom stereocenters. The Hall–Kier alpha value is -0.0800. The second kappa shape index (κ2) is 5.50. The van der Waals surface area contributed by atoms with E-state index in [-0.39, 0.29) is 0 Å². The molecule has 2 heteroatoms. The van der Waals surface area contributed by atoms with E-state index in [9.17, 15) is 0 Å². The fourth-order valence-electron chi connectivity index (χ4n) is 2.91. The molecule has 2 saturated carbocycles. The van der Waals surface area contributed by atoms with Crippen molar-refractivity contribution >= 4 is 0 Å². The molecule has 0 aromatic heterocycles. The van der Waals surface area contributed by atoms with Gasteiger partial charge in [0.05, 0.1) is 0 Å². The quantitative estimate of drug-likeness (QED) is 0.681. The van der Waals surface area contributed by atoms with Crippen molar-refractivity contribution in [2.24, 2.45) is 11.8 Å². The van der Waals surface area contributed by atoms with Gasteiger partial charge in [-0.25, -0.2) is 0 Å². The smallest absolute Gasteiger partial charge is 0.0192 e. The highest BCUT2D eigenvalue weighted by Crippen LogP contribution is 2.44. The molecular formula is C14H28N2. The van der Waals surface area contributed by atoms with E-state index >= 15 is 0 Å². The summed E-state index contributed by atoms with van der Waals surface area (Å²) in [6.45, 7) is 10.4. The van der Waals surface area contributed by atoms with E-state index in [0.717, 1.165) is 17.9 Å². The number of nitrogens with zero attached hydrogens (tertiary/aromatic N) is 1. The summed E-state index contributed by atoms with van der Waals surface area (Å²) in [6, 6.07) is 1.55. The molecule has 1 N–H and O–H groups in total. The number of rotatable bonds is 8. The monoisotopic (exact) mass is 224 g/mol. The van der Waals surface area contributed by atoms with Crippen molar-refractivity contribution < 1.29 is 0 Å². The molecule has 2 nitrogen and oxygen atoms in total. The minimum atomic E-state index is 0.690. The van der Waals surface area contributed by atoms with Gasteiger partial charge in [-0.05, 0) is 57.5 Å². The van der Waals surface area contributed by atoms with E-state index in [1.807, 2.05) is 0 Å². The topological polar surface area (TPSA) is 15.3 Å². The SMILES string of the molecule is CCN(CC)C(C)CNC(C1CC1)C1CC1. The van der Waals surface area contributed by atoms with Gasteiger partial charge in [-0.3, -0.25) is 4.90 Å². The first kappa shape index (κ1) is 12.4. The lowest BCUT2D eigenvalue weighted by atomic mass is 10.1. The van der Waals surface area contributed by atoms with Crippen LogP contribution in [0.5, 0.6) is 0 Å². The predicted octanol–water partition coefficient (Wildman–Crippen LogP) is 2.49. The minimum Gasteiger partial charge on any atom is -0.312 e. The molecular weight excluding hydrogens is 196 g/mol. The van der Waals surface area contributed by atoms with Gasteiger partial charge in [0.1, 0.15) is 0 Å². The summed E-state index contributed by atoms with van der Waals surface area (Å²) in [6.07, 6.45) is 5.92. The van der Waals surface area contributed by atoms with E-state index in [1.165, 1.54) is 45.3 Å². The van der Waals surface area contributed by atoms with E-state index in [2.05, 4.69) is 31.0 Å². The standard InChI is InChI=1S/C14H28N2/c1-4-16(5-2)11(3)10-15-14(12-6-7-12)13-8-9-13/h11-15H,4-10H2,1-3H3. The Labute approximate surface area is 101 Å². The normalized spacial score (nSPS) is 23.1. The van der Waals surface area contributed by atoms with Gasteiger partial charge in [-0.1, -0.05) is 13.8 Å². The van der Waals surface area contributed by atoms with Gasteiger partial charge >= 0.3 is 0 Å².